The second-order valence-electron chi connectivity index (χ2n) is 5.43. The summed E-state index contributed by atoms with van der Waals surface area (Å²) in [6.07, 6.45) is 4.57. The van der Waals surface area contributed by atoms with Gasteiger partial charge in [-0.15, -0.1) is 0 Å². The molecule has 1 aromatic rings. The molecule has 104 valence electrons. The lowest BCUT2D eigenvalue weighted by Crippen LogP contribution is -2.43. The lowest BCUT2D eigenvalue weighted by atomic mass is 9.89. The van der Waals surface area contributed by atoms with Crippen molar-refractivity contribution in [2.45, 2.75) is 37.4 Å². The summed E-state index contributed by atoms with van der Waals surface area (Å²) in [6, 6.07) is 1.85. The van der Waals surface area contributed by atoms with Gasteiger partial charge in [0, 0.05) is 17.5 Å². The van der Waals surface area contributed by atoms with E-state index >= 15 is 0 Å². The van der Waals surface area contributed by atoms with E-state index < -0.39 is 0 Å². The van der Waals surface area contributed by atoms with Crippen molar-refractivity contribution in [2.24, 2.45) is 0 Å². The fourth-order valence-electron chi connectivity index (χ4n) is 2.99. The quantitative estimate of drug-likeness (QED) is 0.887. The Hall–Kier alpha value is -0.910. The van der Waals surface area contributed by atoms with Crippen LogP contribution < -0.4 is 10.6 Å². The van der Waals surface area contributed by atoms with E-state index in [1.54, 1.807) is 11.3 Å². The highest BCUT2D eigenvalue weighted by Crippen LogP contribution is 2.36. The van der Waals surface area contributed by atoms with E-state index in [9.17, 15) is 4.79 Å². The third kappa shape index (κ3) is 2.99. The summed E-state index contributed by atoms with van der Waals surface area (Å²) in [5, 5.41) is 10.1. The molecule has 0 aromatic carbocycles. The van der Waals surface area contributed by atoms with Crippen LogP contribution >= 0.6 is 11.3 Å². The first-order valence-corrected chi connectivity index (χ1v) is 7.91. The number of thiophene rings is 1. The molecular weight excluding hydrogens is 260 g/mol. The molecule has 3 rings (SSSR count). The van der Waals surface area contributed by atoms with Crippen LogP contribution in [0.2, 0.25) is 0 Å². The fourth-order valence-corrected chi connectivity index (χ4v) is 3.63. The van der Waals surface area contributed by atoms with Gasteiger partial charge in [0.15, 0.2) is 0 Å². The van der Waals surface area contributed by atoms with Crippen molar-refractivity contribution < 1.29 is 9.53 Å². The smallest absolute Gasteiger partial charge is 0.252 e. The standard InChI is InChI=1S/C14H20N2O2S/c17-13(11-2-8-19-10-11)16-9-12-1-3-14(18-12)4-6-15-7-5-14/h2,8,10,12,15H,1,3-7,9H2,(H,16,17)/t12-/m1/s1. The van der Waals surface area contributed by atoms with E-state index in [4.69, 9.17) is 4.74 Å². The van der Waals surface area contributed by atoms with Gasteiger partial charge in [-0.2, -0.15) is 11.3 Å². The highest BCUT2D eigenvalue weighted by atomic mass is 32.1. The molecule has 3 heterocycles. The number of hydrogen-bond acceptors (Lipinski definition) is 4. The van der Waals surface area contributed by atoms with Crippen LogP contribution in [0.3, 0.4) is 0 Å². The summed E-state index contributed by atoms with van der Waals surface area (Å²) in [6.45, 7) is 2.73. The third-order valence-corrected chi connectivity index (χ3v) is 4.81. The molecule has 2 aliphatic rings. The second-order valence-corrected chi connectivity index (χ2v) is 6.21. The lowest BCUT2D eigenvalue weighted by Gasteiger charge is -2.33. The van der Waals surface area contributed by atoms with Gasteiger partial charge in [-0.1, -0.05) is 0 Å². The number of ether oxygens (including phenoxy) is 1. The largest absolute Gasteiger partial charge is 0.370 e. The minimum absolute atomic E-state index is 0.0103. The first-order valence-electron chi connectivity index (χ1n) is 6.96. The molecule has 1 amide bonds. The van der Waals surface area contributed by atoms with Gasteiger partial charge in [0.2, 0.25) is 0 Å². The number of piperidine rings is 1. The van der Waals surface area contributed by atoms with Crippen molar-refractivity contribution in [1.82, 2.24) is 10.6 Å². The zero-order valence-electron chi connectivity index (χ0n) is 11.0. The molecule has 0 aliphatic carbocycles. The van der Waals surface area contributed by atoms with Crippen LogP contribution in [0.1, 0.15) is 36.0 Å². The number of carbonyl (C=O) groups is 1. The molecule has 1 spiro atoms. The Kier molecular flexibility index (Phi) is 3.86. The second kappa shape index (κ2) is 5.61. The van der Waals surface area contributed by atoms with Gasteiger partial charge in [-0.3, -0.25) is 4.79 Å². The average molecular weight is 280 g/mol. The fraction of sp³-hybridized carbons (Fsp3) is 0.643. The van der Waals surface area contributed by atoms with E-state index in [0.717, 1.165) is 44.3 Å². The summed E-state index contributed by atoms with van der Waals surface area (Å²) in [4.78, 5) is 11.9. The summed E-state index contributed by atoms with van der Waals surface area (Å²) in [5.41, 5.74) is 0.836. The molecule has 2 N–H and O–H groups in total. The van der Waals surface area contributed by atoms with Crippen LogP contribution in [-0.2, 0) is 4.74 Å². The number of hydrogen-bond donors (Lipinski definition) is 2. The molecule has 5 heteroatoms. The van der Waals surface area contributed by atoms with Crippen molar-refractivity contribution in [1.29, 1.82) is 0 Å². The summed E-state index contributed by atoms with van der Waals surface area (Å²) in [5.74, 6) is 0.0103. The van der Waals surface area contributed by atoms with Crippen LogP contribution in [0.15, 0.2) is 16.8 Å². The van der Waals surface area contributed by atoms with Crippen molar-refractivity contribution in [3.05, 3.63) is 22.4 Å². The van der Waals surface area contributed by atoms with Gasteiger partial charge in [-0.05, 0) is 50.2 Å². The van der Waals surface area contributed by atoms with Crippen LogP contribution in [-0.4, -0.2) is 37.2 Å². The van der Waals surface area contributed by atoms with Crippen molar-refractivity contribution in [2.75, 3.05) is 19.6 Å². The highest BCUT2D eigenvalue weighted by molar-refractivity contribution is 7.08. The zero-order chi connectivity index (χ0) is 13.1. The van der Waals surface area contributed by atoms with Crippen LogP contribution in [0.4, 0.5) is 0 Å². The normalized spacial score (nSPS) is 25.6. The molecule has 2 aliphatic heterocycles. The van der Waals surface area contributed by atoms with Gasteiger partial charge in [0.05, 0.1) is 11.7 Å². The van der Waals surface area contributed by atoms with Crippen molar-refractivity contribution in [3.8, 4) is 0 Å². The summed E-state index contributed by atoms with van der Waals surface area (Å²) < 4.78 is 6.21. The van der Waals surface area contributed by atoms with Crippen LogP contribution in [0.5, 0.6) is 0 Å². The number of nitrogens with one attached hydrogen (secondary N) is 2. The molecule has 2 fully saturated rings. The predicted molar refractivity (Wildman–Crippen MR) is 75.6 cm³/mol. The van der Waals surface area contributed by atoms with E-state index in [1.165, 1.54) is 0 Å². The Balaban J connectivity index is 1.48. The first kappa shape index (κ1) is 13.1. The van der Waals surface area contributed by atoms with Gasteiger partial charge >= 0.3 is 0 Å². The van der Waals surface area contributed by atoms with Crippen molar-refractivity contribution >= 4 is 17.2 Å². The maximum Gasteiger partial charge on any atom is 0.252 e. The van der Waals surface area contributed by atoms with Crippen LogP contribution in [0, 0.1) is 0 Å². The molecular formula is C14H20N2O2S. The predicted octanol–water partition coefficient (Wildman–Crippen LogP) is 1.78. The van der Waals surface area contributed by atoms with Crippen LogP contribution in [0.25, 0.3) is 0 Å². The molecule has 0 radical (unpaired) electrons. The molecule has 1 atom stereocenters. The molecule has 0 unspecified atom stereocenters. The van der Waals surface area contributed by atoms with Gasteiger partial charge in [0.25, 0.3) is 5.91 Å². The van der Waals surface area contributed by atoms with Gasteiger partial charge in [0.1, 0.15) is 0 Å². The van der Waals surface area contributed by atoms with E-state index in [2.05, 4.69) is 10.6 Å². The highest BCUT2D eigenvalue weighted by Gasteiger charge is 2.40. The number of rotatable bonds is 3. The molecule has 4 nitrogen and oxygen atoms in total. The maximum absolute atomic E-state index is 11.9. The minimum Gasteiger partial charge on any atom is -0.370 e. The van der Waals surface area contributed by atoms with E-state index in [1.807, 2.05) is 16.8 Å². The Labute approximate surface area is 117 Å². The summed E-state index contributed by atoms with van der Waals surface area (Å²) >= 11 is 1.54. The summed E-state index contributed by atoms with van der Waals surface area (Å²) in [7, 11) is 0. The third-order valence-electron chi connectivity index (χ3n) is 4.13. The Bertz CT molecular complexity index is 427. The SMILES string of the molecule is O=C(NC[C@H]1CCC2(CCNCC2)O1)c1ccsc1. The maximum atomic E-state index is 11.9. The van der Waals surface area contributed by atoms with Gasteiger partial charge < -0.3 is 15.4 Å². The zero-order valence-corrected chi connectivity index (χ0v) is 11.8. The molecule has 2 saturated heterocycles. The molecule has 0 saturated carbocycles. The number of amides is 1. The molecule has 19 heavy (non-hydrogen) atoms. The van der Waals surface area contributed by atoms with E-state index in [-0.39, 0.29) is 17.6 Å². The lowest BCUT2D eigenvalue weighted by molar-refractivity contribution is -0.0576. The van der Waals surface area contributed by atoms with Gasteiger partial charge in [-0.25, -0.2) is 0 Å². The Morgan fingerprint density at radius 3 is 3.05 bits per heavy atom. The monoisotopic (exact) mass is 280 g/mol. The van der Waals surface area contributed by atoms with Crippen molar-refractivity contribution in [3.63, 3.8) is 0 Å². The average Bonchev–Trinajstić information content (AvgIpc) is 3.08. The molecule has 0 bridgehead atoms. The van der Waals surface area contributed by atoms with E-state index in [0.29, 0.717) is 6.54 Å². The molecule has 1 aromatic heterocycles. The minimum atomic E-state index is 0.0103. The first-order chi connectivity index (χ1) is 9.27. The Morgan fingerprint density at radius 1 is 1.47 bits per heavy atom. The Morgan fingerprint density at radius 2 is 2.32 bits per heavy atom. The number of carbonyl (C=O) groups excluding carboxylic acids is 1. The topological polar surface area (TPSA) is 50.4 Å².